The molecule has 0 aliphatic heterocycles. The van der Waals surface area contributed by atoms with E-state index in [1.165, 1.54) is 6.07 Å². The highest BCUT2D eigenvalue weighted by Gasteiger charge is 2.52. The van der Waals surface area contributed by atoms with E-state index < -0.39 is 16.3 Å². The molecule has 2 rings (SSSR count). The second kappa shape index (κ2) is 6.79. The third kappa shape index (κ3) is 3.68. The molecule has 1 aromatic carbocycles. The first kappa shape index (κ1) is 18.2. The Morgan fingerprint density at radius 1 is 1.25 bits per heavy atom. The molecule has 0 atom stereocenters. The SMILES string of the molecule is CC(C)CN(CC(C)C)c1ccc(C2(C(=O)O)CC2)cc1[N+](=O)[O-]. The second-order valence-corrected chi connectivity index (χ2v) is 7.54. The van der Waals surface area contributed by atoms with Crippen LogP contribution in [0.5, 0.6) is 0 Å². The maximum atomic E-state index is 11.6. The molecule has 1 fully saturated rings. The van der Waals surface area contributed by atoms with Crippen molar-refractivity contribution >= 4 is 17.3 Å². The van der Waals surface area contributed by atoms with E-state index in [2.05, 4.69) is 27.7 Å². The number of nitro groups is 1. The van der Waals surface area contributed by atoms with Gasteiger partial charge < -0.3 is 10.0 Å². The normalized spacial score (nSPS) is 15.6. The van der Waals surface area contributed by atoms with Crippen molar-refractivity contribution in [2.45, 2.75) is 46.0 Å². The molecule has 0 heterocycles. The summed E-state index contributed by atoms with van der Waals surface area (Å²) in [4.78, 5) is 24.7. The molecule has 0 saturated heterocycles. The van der Waals surface area contributed by atoms with Gasteiger partial charge in [-0.3, -0.25) is 14.9 Å². The molecule has 1 aromatic rings. The quantitative estimate of drug-likeness (QED) is 0.577. The number of nitrogens with zero attached hydrogens (tertiary/aromatic N) is 2. The van der Waals surface area contributed by atoms with Gasteiger partial charge in [-0.05, 0) is 36.3 Å². The first-order chi connectivity index (χ1) is 11.2. The van der Waals surface area contributed by atoms with Gasteiger partial charge in [0.05, 0.1) is 10.3 Å². The summed E-state index contributed by atoms with van der Waals surface area (Å²) in [5, 5.41) is 21.0. The van der Waals surface area contributed by atoms with Crippen LogP contribution >= 0.6 is 0 Å². The maximum absolute atomic E-state index is 11.6. The minimum absolute atomic E-state index is 0.00123. The van der Waals surface area contributed by atoms with Crippen LogP contribution in [0.3, 0.4) is 0 Å². The summed E-state index contributed by atoms with van der Waals surface area (Å²) >= 11 is 0. The lowest BCUT2D eigenvalue weighted by atomic mass is 9.95. The van der Waals surface area contributed by atoms with Gasteiger partial charge in [0.25, 0.3) is 5.69 Å². The average Bonchev–Trinajstić information content (AvgIpc) is 3.26. The number of hydrogen-bond donors (Lipinski definition) is 1. The standard InChI is InChI=1S/C18H26N2O4/c1-12(2)10-19(11-13(3)4)15-6-5-14(9-16(15)20(23)24)18(7-8-18)17(21)22/h5-6,9,12-13H,7-8,10-11H2,1-4H3,(H,21,22). The summed E-state index contributed by atoms with van der Waals surface area (Å²) in [5.41, 5.74) is 0.192. The highest BCUT2D eigenvalue weighted by Crippen LogP contribution is 2.50. The van der Waals surface area contributed by atoms with E-state index in [9.17, 15) is 20.0 Å². The lowest BCUT2D eigenvalue weighted by molar-refractivity contribution is -0.384. The van der Waals surface area contributed by atoms with E-state index in [-0.39, 0.29) is 5.69 Å². The molecule has 0 amide bonds. The van der Waals surface area contributed by atoms with Crippen molar-refractivity contribution < 1.29 is 14.8 Å². The zero-order valence-corrected chi connectivity index (χ0v) is 14.8. The largest absolute Gasteiger partial charge is 0.481 e. The number of benzene rings is 1. The first-order valence-electron chi connectivity index (χ1n) is 8.44. The van der Waals surface area contributed by atoms with Crippen LogP contribution in [0, 0.1) is 22.0 Å². The molecular weight excluding hydrogens is 308 g/mol. The molecule has 0 radical (unpaired) electrons. The van der Waals surface area contributed by atoms with Crippen molar-refractivity contribution in [2.24, 2.45) is 11.8 Å². The van der Waals surface area contributed by atoms with Crippen molar-refractivity contribution in [1.29, 1.82) is 0 Å². The van der Waals surface area contributed by atoms with Crippen molar-refractivity contribution in [2.75, 3.05) is 18.0 Å². The van der Waals surface area contributed by atoms with Gasteiger partial charge in [0.15, 0.2) is 0 Å². The molecule has 0 bridgehead atoms. The predicted octanol–water partition coefficient (Wildman–Crippen LogP) is 3.83. The van der Waals surface area contributed by atoms with E-state index in [4.69, 9.17) is 0 Å². The molecule has 0 unspecified atom stereocenters. The van der Waals surface area contributed by atoms with Crippen molar-refractivity contribution in [3.8, 4) is 0 Å². The number of hydrogen-bond acceptors (Lipinski definition) is 4. The van der Waals surface area contributed by atoms with Gasteiger partial charge in [0, 0.05) is 19.2 Å². The van der Waals surface area contributed by atoms with Gasteiger partial charge in [0.2, 0.25) is 0 Å². The van der Waals surface area contributed by atoms with Gasteiger partial charge in [-0.25, -0.2) is 0 Å². The molecule has 24 heavy (non-hydrogen) atoms. The van der Waals surface area contributed by atoms with Crippen LogP contribution in [-0.4, -0.2) is 29.1 Å². The fraction of sp³-hybridized carbons (Fsp3) is 0.611. The van der Waals surface area contributed by atoms with Crippen LogP contribution in [0.25, 0.3) is 0 Å². The van der Waals surface area contributed by atoms with Crippen LogP contribution in [0.4, 0.5) is 11.4 Å². The molecule has 1 saturated carbocycles. The summed E-state index contributed by atoms with van der Waals surface area (Å²) in [6.45, 7) is 9.77. The predicted molar refractivity (Wildman–Crippen MR) is 93.5 cm³/mol. The Morgan fingerprint density at radius 2 is 1.79 bits per heavy atom. The van der Waals surface area contributed by atoms with E-state index in [0.29, 0.717) is 35.9 Å². The van der Waals surface area contributed by atoms with Gasteiger partial charge >= 0.3 is 5.97 Å². The summed E-state index contributed by atoms with van der Waals surface area (Å²) in [6, 6.07) is 4.93. The van der Waals surface area contributed by atoms with E-state index in [1.807, 2.05) is 4.90 Å². The van der Waals surface area contributed by atoms with Crippen LogP contribution in [0.15, 0.2) is 18.2 Å². The summed E-state index contributed by atoms with van der Waals surface area (Å²) < 4.78 is 0. The smallest absolute Gasteiger partial charge is 0.314 e. The lowest BCUT2D eigenvalue weighted by Gasteiger charge is -2.28. The Bertz CT molecular complexity index is 626. The Balaban J connectivity index is 2.45. The van der Waals surface area contributed by atoms with E-state index in [1.54, 1.807) is 12.1 Å². The number of nitro benzene ring substituents is 1. The van der Waals surface area contributed by atoms with E-state index >= 15 is 0 Å². The van der Waals surface area contributed by atoms with E-state index in [0.717, 1.165) is 13.1 Å². The highest BCUT2D eigenvalue weighted by molar-refractivity contribution is 5.85. The average molecular weight is 334 g/mol. The van der Waals surface area contributed by atoms with Crippen LogP contribution in [-0.2, 0) is 10.2 Å². The molecule has 6 nitrogen and oxygen atoms in total. The summed E-state index contributed by atoms with van der Waals surface area (Å²) in [5.74, 6) is -0.153. The fourth-order valence-corrected chi connectivity index (χ4v) is 3.14. The maximum Gasteiger partial charge on any atom is 0.314 e. The van der Waals surface area contributed by atoms with Crippen LogP contribution in [0.2, 0.25) is 0 Å². The first-order valence-corrected chi connectivity index (χ1v) is 8.44. The fourth-order valence-electron chi connectivity index (χ4n) is 3.14. The Morgan fingerprint density at radius 3 is 2.17 bits per heavy atom. The number of carbonyl (C=O) groups is 1. The van der Waals surface area contributed by atoms with Crippen LogP contribution in [0.1, 0.15) is 46.1 Å². The zero-order chi connectivity index (χ0) is 18.1. The number of rotatable bonds is 8. The molecular formula is C18H26N2O4. The Hall–Kier alpha value is -2.11. The number of anilines is 1. The summed E-state index contributed by atoms with van der Waals surface area (Å²) in [6.07, 6.45) is 1.08. The zero-order valence-electron chi connectivity index (χ0n) is 14.8. The Kier molecular flexibility index (Phi) is 5.16. The van der Waals surface area contributed by atoms with Gasteiger partial charge in [-0.2, -0.15) is 0 Å². The van der Waals surface area contributed by atoms with Gasteiger partial charge in [-0.1, -0.05) is 33.8 Å². The topological polar surface area (TPSA) is 83.7 Å². The second-order valence-electron chi connectivity index (χ2n) is 7.54. The third-order valence-electron chi connectivity index (χ3n) is 4.40. The van der Waals surface area contributed by atoms with Gasteiger partial charge in [-0.15, -0.1) is 0 Å². The Labute approximate surface area is 142 Å². The molecule has 0 aromatic heterocycles. The van der Waals surface area contributed by atoms with Crippen LogP contribution < -0.4 is 4.90 Å². The lowest BCUT2D eigenvalue weighted by Crippen LogP contribution is -2.32. The molecule has 132 valence electrons. The van der Waals surface area contributed by atoms with Crippen molar-refractivity contribution in [3.63, 3.8) is 0 Å². The van der Waals surface area contributed by atoms with Gasteiger partial charge in [0.1, 0.15) is 5.69 Å². The number of aliphatic carboxylic acids is 1. The highest BCUT2D eigenvalue weighted by atomic mass is 16.6. The number of carboxylic acids is 1. The third-order valence-corrected chi connectivity index (χ3v) is 4.40. The monoisotopic (exact) mass is 334 g/mol. The molecule has 1 aliphatic rings. The minimum atomic E-state index is -0.926. The molecule has 1 aliphatic carbocycles. The van der Waals surface area contributed by atoms with Crippen molar-refractivity contribution in [1.82, 2.24) is 0 Å². The minimum Gasteiger partial charge on any atom is -0.481 e. The van der Waals surface area contributed by atoms with Crippen molar-refractivity contribution in [3.05, 3.63) is 33.9 Å². The number of carboxylic acid groups (broad SMARTS) is 1. The molecule has 0 spiro atoms. The molecule has 1 N–H and O–H groups in total. The molecule has 6 heteroatoms. The summed E-state index contributed by atoms with van der Waals surface area (Å²) in [7, 11) is 0.